The Bertz CT molecular complexity index is 183. The highest BCUT2D eigenvalue weighted by molar-refractivity contribution is 5.73. The summed E-state index contributed by atoms with van der Waals surface area (Å²) in [5.74, 6) is 0. The fourth-order valence-corrected chi connectivity index (χ4v) is 1.19. The Kier molecular flexibility index (Phi) is 3.04. The van der Waals surface area contributed by atoms with Crippen molar-refractivity contribution >= 4 is 12.4 Å². The first-order valence-corrected chi connectivity index (χ1v) is 3.80. The summed E-state index contributed by atoms with van der Waals surface area (Å²) >= 11 is 0. The normalized spacial score (nSPS) is 23.4. The van der Waals surface area contributed by atoms with Gasteiger partial charge in [-0.1, -0.05) is 0 Å². The number of amides is 1. The highest BCUT2D eigenvalue weighted by Gasteiger charge is 2.26. The summed E-state index contributed by atoms with van der Waals surface area (Å²) in [6.07, 6.45) is 0.317. The molecule has 1 unspecified atom stereocenters. The summed E-state index contributed by atoms with van der Waals surface area (Å²) in [6.45, 7) is 1.74. The molecule has 1 atom stereocenters. The third-order valence-electron chi connectivity index (χ3n) is 1.85. The lowest BCUT2D eigenvalue weighted by molar-refractivity contribution is -0.112. The molecule has 1 saturated heterocycles. The molecule has 0 aromatic rings. The number of nitrogens with zero attached hydrogens (tertiary/aromatic N) is 1. The minimum Gasteiger partial charge on any atom is -0.453 e. The van der Waals surface area contributed by atoms with Crippen molar-refractivity contribution in [3.8, 4) is 0 Å². The lowest BCUT2D eigenvalue weighted by Crippen LogP contribution is -2.54. The fraction of sp³-hybridized carbons (Fsp3) is 0.714. The number of ether oxygens (including phenoxy) is 1. The predicted molar refractivity (Wildman–Crippen MR) is 41.8 cm³/mol. The molecule has 1 aliphatic heterocycles. The maximum Gasteiger partial charge on any atom is 0.410 e. The third-order valence-corrected chi connectivity index (χ3v) is 1.85. The van der Waals surface area contributed by atoms with Crippen LogP contribution in [0.1, 0.15) is 0 Å². The van der Waals surface area contributed by atoms with Gasteiger partial charge in [-0.3, -0.25) is 4.90 Å². The molecule has 1 rings (SSSR count). The number of nitrogens with one attached hydrogen (secondary N) is 1. The lowest BCUT2D eigenvalue weighted by atomic mass is 10.2. The minimum absolute atomic E-state index is 0.383. The quantitative estimate of drug-likeness (QED) is 0.527. The molecule has 5 nitrogen and oxygen atoms in total. The topological polar surface area (TPSA) is 58.6 Å². The zero-order chi connectivity index (χ0) is 8.97. The number of carbonyl (C=O) groups excluding carboxylic acids is 2. The first-order chi connectivity index (χ1) is 5.79. The standard InChI is InChI=1S/C7H12N2O3/c1-12-7(11)9-3-2-8-4-6(9)5-10/h5-6,8H,2-4H2,1H3. The van der Waals surface area contributed by atoms with E-state index in [0.717, 1.165) is 6.29 Å². The Hall–Kier alpha value is -1.10. The van der Waals surface area contributed by atoms with Crippen LogP contribution in [0, 0.1) is 0 Å². The summed E-state index contributed by atoms with van der Waals surface area (Å²) < 4.78 is 4.52. The molecule has 12 heavy (non-hydrogen) atoms. The lowest BCUT2D eigenvalue weighted by Gasteiger charge is -2.31. The molecule has 1 fully saturated rings. The first kappa shape index (κ1) is 8.99. The van der Waals surface area contributed by atoms with Crippen molar-refractivity contribution in [1.82, 2.24) is 10.2 Å². The van der Waals surface area contributed by atoms with E-state index in [-0.39, 0.29) is 6.04 Å². The van der Waals surface area contributed by atoms with Crippen molar-refractivity contribution in [2.24, 2.45) is 0 Å². The maximum absolute atomic E-state index is 11.1. The molecular weight excluding hydrogens is 160 g/mol. The monoisotopic (exact) mass is 172 g/mol. The summed E-state index contributed by atoms with van der Waals surface area (Å²) in [4.78, 5) is 23.0. The van der Waals surface area contributed by atoms with Crippen molar-refractivity contribution in [2.45, 2.75) is 6.04 Å². The minimum atomic E-state index is -0.436. The van der Waals surface area contributed by atoms with E-state index in [1.807, 2.05) is 0 Å². The van der Waals surface area contributed by atoms with E-state index in [9.17, 15) is 9.59 Å². The largest absolute Gasteiger partial charge is 0.453 e. The van der Waals surface area contributed by atoms with E-state index >= 15 is 0 Å². The number of carbonyl (C=O) groups is 2. The number of aldehydes is 1. The van der Waals surface area contributed by atoms with Crippen LogP contribution in [0.3, 0.4) is 0 Å². The van der Waals surface area contributed by atoms with E-state index in [1.165, 1.54) is 12.0 Å². The van der Waals surface area contributed by atoms with E-state index in [0.29, 0.717) is 19.6 Å². The van der Waals surface area contributed by atoms with Crippen molar-refractivity contribution in [3.63, 3.8) is 0 Å². The molecule has 1 amide bonds. The van der Waals surface area contributed by atoms with Gasteiger partial charge in [0.1, 0.15) is 12.3 Å². The van der Waals surface area contributed by atoms with Gasteiger partial charge in [-0.25, -0.2) is 4.79 Å². The summed E-state index contributed by atoms with van der Waals surface area (Å²) in [7, 11) is 1.31. The van der Waals surface area contributed by atoms with Crippen LogP contribution in [0.5, 0.6) is 0 Å². The van der Waals surface area contributed by atoms with Crippen molar-refractivity contribution in [3.05, 3.63) is 0 Å². The molecule has 1 aliphatic rings. The second-order valence-electron chi connectivity index (χ2n) is 2.57. The smallest absolute Gasteiger partial charge is 0.410 e. The highest BCUT2D eigenvalue weighted by atomic mass is 16.5. The molecule has 0 saturated carbocycles. The van der Waals surface area contributed by atoms with Crippen LogP contribution >= 0.6 is 0 Å². The van der Waals surface area contributed by atoms with Gasteiger partial charge >= 0.3 is 6.09 Å². The molecule has 1 N–H and O–H groups in total. The van der Waals surface area contributed by atoms with E-state index in [1.54, 1.807) is 0 Å². The van der Waals surface area contributed by atoms with Gasteiger partial charge in [0.05, 0.1) is 7.11 Å². The van der Waals surface area contributed by atoms with E-state index in [4.69, 9.17) is 0 Å². The summed E-state index contributed by atoms with van der Waals surface area (Å²) in [5.41, 5.74) is 0. The molecule has 5 heteroatoms. The number of piperazine rings is 1. The third kappa shape index (κ3) is 1.73. The Balaban J connectivity index is 2.58. The molecule has 0 spiro atoms. The van der Waals surface area contributed by atoms with Gasteiger partial charge in [-0.15, -0.1) is 0 Å². The van der Waals surface area contributed by atoms with Crippen LogP contribution in [0.4, 0.5) is 4.79 Å². The van der Waals surface area contributed by atoms with Crippen LogP contribution in [-0.2, 0) is 9.53 Å². The molecule has 1 heterocycles. The molecule has 0 aromatic heterocycles. The van der Waals surface area contributed by atoms with Crippen molar-refractivity contribution in [1.29, 1.82) is 0 Å². The zero-order valence-corrected chi connectivity index (χ0v) is 6.95. The molecule has 0 radical (unpaired) electrons. The van der Waals surface area contributed by atoms with Crippen LogP contribution in [0.15, 0.2) is 0 Å². The Morgan fingerprint density at radius 1 is 1.75 bits per heavy atom. The number of hydrogen-bond acceptors (Lipinski definition) is 4. The second kappa shape index (κ2) is 4.06. The van der Waals surface area contributed by atoms with Crippen LogP contribution < -0.4 is 5.32 Å². The van der Waals surface area contributed by atoms with Crippen LogP contribution in [-0.4, -0.2) is 50.1 Å². The summed E-state index contributed by atoms with van der Waals surface area (Å²) in [6, 6.07) is -0.383. The van der Waals surface area contributed by atoms with Gasteiger partial charge in [0.2, 0.25) is 0 Å². The Morgan fingerprint density at radius 2 is 2.50 bits per heavy atom. The summed E-state index contributed by atoms with van der Waals surface area (Å²) in [5, 5.41) is 3.01. The van der Waals surface area contributed by atoms with E-state index in [2.05, 4.69) is 10.1 Å². The average molecular weight is 172 g/mol. The molecule has 0 bridgehead atoms. The van der Waals surface area contributed by atoms with Gasteiger partial charge in [-0.05, 0) is 0 Å². The van der Waals surface area contributed by atoms with Crippen LogP contribution in [0.2, 0.25) is 0 Å². The van der Waals surface area contributed by atoms with Crippen molar-refractivity contribution < 1.29 is 14.3 Å². The van der Waals surface area contributed by atoms with Gasteiger partial charge in [0.25, 0.3) is 0 Å². The first-order valence-electron chi connectivity index (χ1n) is 3.80. The number of rotatable bonds is 1. The van der Waals surface area contributed by atoms with Gasteiger partial charge in [-0.2, -0.15) is 0 Å². The number of hydrogen-bond donors (Lipinski definition) is 1. The maximum atomic E-state index is 11.1. The van der Waals surface area contributed by atoms with Gasteiger partial charge in [0, 0.05) is 19.6 Å². The van der Waals surface area contributed by atoms with Crippen LogP contribution in [0.25, 0.3) is 0 Å². The highest BCUT2D eigenvalue weighted by Crippen LogP contribution is 2.02. The second-order valence-corrected chi connectivity index (χ2v) is 2.57. The molecular formula is C7H12N2O3. The zero-order valence-electron chi connectivity index (χ0n) is 6.95. The number of methoxy groups -OCH3 is 1. The molecule has 0 aromatic carbocycles. The molecule has 0 aliphatic carbocycles. The fourth-order valence-electron chi connectivity index (χ4n) is 1.19. The van der Waals surface area contributed by atoms with Gasteiger partial charge < -0.3 is 14.8 Å². The van der Waals surface area contributed by atoms with E-state index < -0.39 is 6.09 Å². The van der Waals surface area contributed by atoms with Gasteiger partial charge in [0.15, 0.2) is 0 Å². The predicted octanol–water partition coefficient (Wildman–Crippen LogP) is -0.774. The Labute approximate surface area is 70.7 Å². The van der Waals surface area contributed by atoms with Crippen molar-refractivity contribution in [2.75, 3.05) is 26.7 Å². The average Bonchev–Trinajstić information content (AvgIpc) is 2.16. The Morgan fingerprint density at radius 3 is 3.08 bits per heavy atom. The molecule has 68 valence electrons. The SMILES string of the molecule is COC(=O)N1CCNCC1C=O.